The summed E-state index contributed by atoms with van der Waals surface area (Å²) in [5.41, 5.74) is 2.25. The summed E-state index contributed by atoms with van der Waals surface area (Å²) in [6, 6.07) is 1.78. The van der Waals surface area contributed by atoms with E-state index >= 15 is 0 Å². The second-order valence-electron chi connectivity index (χ2n) is 6.98. The first kappa shape index (κ1) is 16.2. The summed E-state index contributed by atoms with van der Waals surface area (Å²) in [5.74, 6) is 0.573. The lowest BCUT2D eigenvalue weighted by Gasteiger charge is -2.32. The molecule has 2 aromatic rings. The van der Waals surface area contributed by atoms with Crippen LogP contribution in [0.1, 0.15) is 36.9 Å². The van der Waals surface area contributed by atoms with E-state index in [0.29, 0.717) is 18.4 Å². The van der Waals surface area contributed by atoms with E-state index < -0.39 is 5.82 Å². The van der Waals surface area contributed by atoms with E-state index in [1.165, 1.54) is 12.4 Å². The molecule has 2 aromatic heterocycles. The van der Waals surface area contributed by atoms with Gasteiger partial charge in [-0.1, -0.05) is 0 Å². The van der Waals surface area contributed by atoms with Crippen molar-refractivity contribution < 1.29 is 4.39 Å². The monoisotopic (exact) mass is 343 g/mol. The van der Waals surface area contributed by atoms with E-state index in [1.54, 1.807) is 10.7 Å². The van der Waals surface area contributed by atoms with Gasteiger partial charge in [-0.15, -0.1) is 0 Å². The van der Waals surface area contributed by atoms with Crippen LogP contribution in [0.5, 0.6) is 0 Å². The molecule has 0 N–H and O–H groups in total. The Labute approximate surface area is 145 Å². The highest BCUT2D eigenvalue weighted by atomic mass is 19.1. The third kappa shape index (κ3) is 3.55. The molecule has 4 rings (SSSR count). The van der Waals surface area contributed by atoms with Crippen LogP contribution in [0, 0.1) is 11.7 Å². The van der Waals surface area contributed by atoms with Crippen molar-refractivity contribution in [3.05, 3.63) is 45.9 Å². The van der Waals surface area contributed by atoms with Crippen LogP contribution in [-0.4, -0.2) is 32.8 Å². The zero-order valence-corrected chi connectivity index (χ0v) is 14.2. The van der Waals surface area contributed by atoms with Gasteiger partial charge in [0.05, 0.1) is 18.1 Å². The van der Waals surface area contributed by atoms with Gasteiger partial charge in [0.15, 0.2) is 5.82 Å². The first-order chi connectivity index (χ1) is 12.2. The molecule has 1 aliphatic carbocycles. The number of aromatic nitrogens is 4. The number of hydrogen-bond donors (Lipinski definition) is 0. The highest BCUT2D eigenvalue weighted by Crippen LogP contribution is 2.22. The molecular weight excluding hydrogens is 321 g/mol. The second-order valence-corrected chi connectivity index (χ2v) is 6.98. The molecule has 0 radical (unpaired) electrons. The molecule has 1 fully saturated rings. The molecule has 0 aromatic carbocycles. The van der Waals surface area contributed by atoms with Crippen molar-refractivity contribution in [2.75, 3.05) is 18.0 Å². The van der Waals surface area contributed by atoms with Crippen molar-refractivity contribution in [2.24, 2.45) is 5.92 Å². The molecular formula is C18H22FN5O. The zero-order valence-electron chi connectivity index (χ0n) is 14.2. The SMILES string of the molecule is O=c1cc2c(nn1CC1CCN(c3ncc(F)cn3)CC1)CCCC2. The summed E-state index contributed by atoms with van der Waals surface area (Å²) >= 11 is 0. The van der Waals surface area contributed by atoms with E-state index in [4.69, 9.17) is 0 Å². The molecule has 0 bridgehead atoms. The molecule has 0 spiro atoms. The fourth-order valence-corrected chi connectivity index (χ4v) is 3.76. The van der Waals surface area contributed by atoms with Gasteiger partial charge in [0, 0.05) is 25.7 Å². The normalized spacial score (nSPS) is 18.2. The predicted octanol–water partition coefficient (Wildman–Crippen LogP) is 1.97. The van der Waals surface area contributed by atoms with Gasteiger partial charge in [0.1, 0.15) is 0 Å². The fraction of sp³-hybridized carbons (Fsp3) is 0.556. The van der Waals surface area contributed by atoms with E-state index in [9.17, 15) is 9.18 Å². The number of hydrogen-bond acceptors (Lipinski definition) is 5. The molecule has 0 amide bonds. The molecule has 25 heavy (non-hydrogen) atoms. The highest BCUT2D eigenvalue weighted by Gasteiger charge is 2.22. The average molecular weight is 343 g/mol. The van der Waals surface area contributed by atoms with Gasteiger partial charge in [0.2, 0.25) is 5.95 Å². The Balaban J connectivity index is 1.40. The molecule has 6 nitrogen and oxygen atoms in total. The molecule has 132 valence electrons. The van der Waals surface area contributed by atoms with E-state index in [-0.39, 0.29) is 5.56 Å². The third-order valence-electron chi connectivity index (χ3n) is 5.21. The first-order valence-electron chi connectivity index (χ1n) is 9.01. The van der Waals surface area contributed by atoms with Gasteiger partial charge >= 0.3 is 0 Å². The summed E-state index contributed by atoms with van der Waals surface area (Å²) in [6.45, 7) is 2.30. The minimum atomic E-state index is -0.420. The molecule has 0 atom stereocenters. The number of fused-ring (bicyclic) bond motifs is 1. The quantitative estimate of drug-likeness (QED) is 0.852. The van der Waals surface area contributed by atoms with Crippen molar-refractivity contribution in [1.82, 2.24) is 19.7 Å². The van der Waals surface area contributed by atoms with Gasteiger partial charge in [-0.2, -0.15) is 5.10 Å². The van der Waals surface area contributed by atoms with Gasteiger partial charge in [-0.05, 0) is 50.0 Å². The Hall–Kier alpha value is -2.31. The van der Waals surface area contributed by atoms with Crippen LogP contribution in [0.25, 0.3) is 0 Å². The number of aryl methyl sites for hydroxylation is 2. The maximum atomic E-state index is 12.9. The van der Waals surface area contributed by atoms with Crippen LogP contribution in [0.2, 0.25) is 0 Å². The Morgan fingerprint density at radius 3 is 2.60 bits per heavy atom. The van der Waals surface area contributed by atoms with Gasteiger partial charge < -0.3 is 4.90 Å². The Kier molecular flexibility index (Phi) is 4.46. The molecule has 0 unspecified atom stereocenters. The molecule has 2 aliphatic rings. The third-order valence-corrected chi connectivity index (χ3v) is 5.21. The molecule has 7 heteroatoms. The molecule has 3 heterocycles. The molecule has 1 aliphatic heterocycles. The number of rotatable bonds is 3. The lowest BCUT2D eigenvalue weighted by atomic mass is 9.96. The number of anilines is 1. The second kappa shape index (κ2) is 6.90. The van der Waals surface area contributed by atoms with E-state index in [2.05, 4.69) is 20.0 Å². The summed E-state index contributed by atoms with van der Waals surface area (Å²) in [4.78, 5) is 22.5. The Bertz CT molecular complexity index is 796. The summed E-state index contributed by atoms with van der Waals surface area (Å²) < 4.78 is 14.6. The van der Waals surface area contributed by atoms with E-state index in [1.807, 2.05) is 0 Å². The minimum absolute atomic E-state index is 0.0185. The summed E-state index contributed by atoms with van der Waals surface area (Å²) in [7, 11) is 0. The van der Waals surface area contributed by atoms with Crippen LogP contribution in [-0.2, 0) is 19.4 Å². The highest BCUT2D eigenvalue weighted by molar-refractivity contribution is 5.29. The fourth-order valence-electron chi connectivity index (χ4n) is 3.76. The topological polar surface area (TPSA) is 63.9 Å². The van der Waals surface area contributed by atoms with Crippen LogP contribution in [0.3, 0.4) is 0 Å². The Morgan fingerprint density at radius 2 is 1.84 bits per heavy atom. The lowest BCUT2D eigenvalue weighted by molar-refractivity contribution is 0.330. The van der Waals surface area contributed by atoms with Crippen molar-refractivity contribution in [1.29, 1.82) is 0 Å². The summed E-state index contributed by atoms with van der Waals surface area (Å²) in [6.07, 6.45) is 8.58. The largest absolute Gasteiger partial charge is 0.341 e. The number of piperidine rings is 1. The summed E-state index contributed by atoms with van der Waals surface area (Å²) in [5, 5.41) is 4.62. The van der Waals surface area contributed by atoms with Gasteiger partial charge in [-0.3, -0.25) is 4.79 Å². The molecule has 1 saturated heterocycles. The number of halogens is 1. The lowest BCUT2D eigenvalue weighted by Crippen LogP contribution is -2.38. The van der Waals surface area contributed by atoms with Crippen molar-refractivity contribution in [3.8, 4) is 0 Å². The van der Waals surface area contributed by atoms with Crippen LogP contribution in [0.4, 0.5) is 10.3 Å². The smallest absolute Gasteiger partial charge is 0.267 e. The van der Waals surface area contributed by atoms with Gasteiger partial charge in [-0.25, -0.2) is 19.0 Å². The maximum Gasteiger partial charge on any atom is 0.267 e. The van der Waals surface area contributed by atoms with Crippen molar-refractivity contribution in [3.63, 3.8) is 0 Å². The van der Waals surface area contributed by atoms with E-state index in [0.717, 1.165) is 62.9 Å². The maximum absolute atomic E-state index is 12.9. The Morgan fingerprint density at radius 1 is 1.12 bits per heavy atom. The predicted molar refractivity (Wildman–Crippen MR) is 92.1 cm³/mol. The van der Waals surface area contributed by atoms with Crippen molar-refractivity contribution in [2.45, 2.75) is 45.1 Å². The van der Waals surface area contributed by atoms with Crippen LogP contribution in [0.15, 0.2) is 23.3 Å². The standard InChI is InChI=1S/C18H22FN5O/c19-15-10-20-18(21-11-15)23-7-5-13(6-8-23)12-24-17(25)9-14-3-1-2-4-16(14)22-24/h9-11,13H,1-8,12H2. The van der Waals surface area contributed by atoms with Crippen molar-refractivity contribution >= 4 is 5.95 Å². The van der Waals surface area contributed by atoms with Crippen LogP contribution >= 0.6 is 0 Å². The average Bonchev–Trinajstić information content (AvgIpc) is 2.64. The minimum Gasteiger partial charge on any atom is -0.341 e. The zero-order chi connectivity index (χ0) is 17.2. The van der Waals surface area contributed by atoms with Gasteiger partial charge in [0.25, 0.3) is 5.56 Å². The number of nitrogens with zero attached hydrogens (tertiary/aromatic N) is 5. The van der Waals surface area contributed by atoms with Crippen LogP contribution < -0.4 is 10.5 Å². The molecule has 0 saturated carbocycles. The first-order valence-corrected chi connectivity index (χ1v) is 9.01.